The Morgan fingerprint density at radius 2 is 1.80 bits per heavy atom. The second kappa shape index (κ2) is 7.76. The summed E-state index contributed by atoms with van der Waals surface area (Å²) in [4.78, 5) is 20.6. The molecule has 0 spiro atoms. The average Bonchev–Trinajstić information content (AvgIpc) is 2.65. The van der Waals surface area contributed by atoms with Crippen LogP contribution in [-0.4, -0.2) is 22.9 Å². The van der Waals surface area contributed by atoms with Crippen molar-refractivity contribution in [3.05, 3.63) is 70.8 Å². The number of nitrogens with one attached hydrogen (secondary N) is 2. The van der Waals surface area contributed by atoms with Gasteiger partial charge in [-0.3, -0.25) is 4.79 Å². The molecule has 0 aliphatic carbocycles. The van der Waals surface area contributed by atoms with E-state index in [0.717, 1.165) is 5.69 Å². The monoisotopic (exact) mass is 398 g/mol. The summed E-state index contributed by atoms with van der Waals surface area (Å²) in [6, 6.07) is 16.5. The number of carbonyl (C=O) groups is 1. The molecular weight excluding hydrogens is 384 g/mol. The van der Waals surface area contributed by atoms with E-state index in [1.165, 1.54) is 0 Å². The molecule has 0 bridgehead atoms. The van der Waals surface area contributed by atoms with Crippen molar-refractivity contribution < 1.29 is 9.53 Å². The first-order valence-electron chi connectivity index (χ1n) is 7.51. The number of rotatable bonds is 5. The van der Waals surface area contributed by atoms with Gasteiger partial charge >= 0.3 is 0 Å². The Hall–Kier alpha value is -2.93. The van der Waals surface area contributed by atoms with Crippen LogP contribution in [0.15, 0.2) is 65.3 Å². The molecule has 0 saturated heterocycles. The van der Waals surface area contributed by atoms with Gasteiger partial charge in [-0.15, -0.1) is 0 Å². The van der Waals surface area contributed by atoms with Crippen LogP contribution in [0.5, 0.6) is 11.6 Å². The maximum absolute atomic E-state index is 12.0. The maximum atomic E-state index is 12.0. The molecule has 0 aliphatic rings. The molecule has 3 aromatic rings. The van der Waals surface area contributed by atoms with E-state index >= 15 is 0 Å². The average molecular weight is 399 g/mol. The number of nitrogens with zero attached hydrogens (tertiary/aromatic N) is 2. The molecule has 2 N–H and O–H groups in total. The van der Waals surface area contributed by atoms with Crippen molar-refractivity contribution in [1.82, 2.24) is 15.3 Å². The van der Waals surface area contributed by atoms with Crippen molar-refractivity contribution in [2.45, 2.75) is 0 Å². The number of halogens is 1. The van der Waals surface area contributed by atoms with Crippen LogP contribution >= 0.6 is 15.9 Å². The smallest absolute Gasteiger partial charge is 0.254 e. The van der Waals surface area contributed by atoms with Crippen LogP contribution in [0.25, 0.3) is 0 Å². The fourth-order valence-corrected chi connectivity index (χ4v) is 2.39. The van der Waals surface area contributed by atoms with Crippen LogP contribution in [0.2, 0.25) is 0 Å². The minimum absolute atomic E-state index is 0.233. The molecular formula is C18H15BrN4O2. The summed E-state index contributed by atoms with van der Waals surface area (Å²) in [5, 5.41) is 5.69. The molecule has 0 saturated carbocycles. The van der Waals surface area contributed by atoms with Gasteiger partial charge in [-0.25, -0.2) is 4.98 Å². The van der Waals surface area contributed by atoms with Crippen LogP contribution in [0.3, 0.4) is 0 Å². The van der Waals surface area contributed by atoms with Gasteiger partial charge < -0.3 is 15.4 Å². The minimum Gasteiger partial charge on any atom is -0.437 e. The van der Waals surface area contributed by atoms with E-state index in [2.05, 4.69) is 36.5 Å². The number of ether oxygens (including phenoxy) is 1. The molecule has 3 rings (SSSR count). The van der Waals surface area contributed by atoms with E-state index in [-0.39, 0.29) is 5.91 Å². The number of amides is 1. The molecule has 7 heteroatoms. The van der Waals surface area contributed by atoms with E-state index in [1.54, 1.807) is 37.5 Å². The summed E-state index contributed by atoms with van der Waals surface area (Å²) in [6.45, 7) is 0. The van der Waals surface area contributed by atoms with E-state index in [9.17, 15) is 4.79 Å². The number of hydrogen-bond acceptors (Lipinski definition) is 5. The maximum Gasteiger partial charge on any atom is 0.254 e. The fourth-order valence-electron chi connectivity index (χ4n) is 2.12. The molecule has 0 radical (unpaired) electrons. The Morgan fingerprint density at radius 1 is 1.08 bits per heavy atom. The van der Waals surface area contributed by atoms with Crippen molar-refractivity contribution >= 4 is 33.5 Å². The number of carbonyl (C=O) groups excluding carboxylic acids is 1. The molecule has 2 aromatic carbocycles. The van der Waals surface area contributed by atoms with Gasteiger partial charge in [0, 0.05) is 12.7 Å². The van der Waals surface area contributed by atoms with Gasteiger partial charge in [0.25, 0.3) is 5.91 Å². The van der Waals surface area contributed by atoms with Crippen LogP contribution in [0.1, 0.15) is 10.4 Å². The predicted octanol–water partition coefficient (Wildman–Crippen LogP) is 4.13. The highest BCUT2D eigenvalue weighted by Gasteiger charge is 2.14. The summed E-state index contributed by atoms with van der Waals surface area (Å²) in [7, 11) is 1.57. The first-order chi connectivity index (χ1) is 12.2. The van der Waals surface area contributed by atoms with Crippen molar-refractivity contribution in [2.24, 2.45) is 0 Å². The van der Waals surface area contributed by atoms with Crippen molar-refractivity contribution in [3.8, 4) is 11.6 Å². The number of benzene rings is 2. The van der Waals surface area contributed by atoms with Gasteiger partial charge in [0.1, 0.15) is 5.75 Å². The molecule has 1 heterocycles. The van der Waals surface area contributed by atoms with Crippen LogP contribution < -0.4 is 15.4 Å². The zero-order chi connectivity index (χ0) is 17.6. The molecule has 0 unspecified atom stereocenters. The Kier molecular flexibility index (Phi) is 5.25. The molecule has 25 heavy (non-hydrogen) atoms. The summed E-state index contributed by atoms with van der Waals surface area (Å²) >= 11 is 3.37. The third-order valence-electron chi connectivity index (χ3n) is 3.31. The second-order valence-electron chi connectivity index (χ2n) is 5.02. The zero-order valence-electron chi connectivity index (χ0n) is 13.4. The predicted molar refractivity (Wildman–Crippen MR) is 99.4 cm³/mol. The molecule has 1 amide bonds. The van der Waals surface area contributed by atoms with Gasteiger partial charge in [0.2, 0.25) is 11.8 Å². The summed E-state index contributed by atoms with van der Waals surface area (Å²) in [6.07, 6.45) is 1.59. The Labute approximate surface area is 153 Å². The van der Waals surface area contributed by atoms with Gasteiger partial charge in [-0.2, -0.15) is 4.98 Å². The first kappa shape index (κ1) is 16.9. The van der Waals surface area contributed by atoms with Gasteiger partial charge in [-0.05, 0) is 40.2 Å². The summed E-state index contributed by atoms with van der Waals surface area (Å²) in [5.41, 5.74) is 1.29. The normalized spacial score (nSPS) is 10.2. The lowest BCUT2D eigenvalue weighted by atomic mass is 10.2. The molecule has 0 fully saturated rings. The number of aromatic nitrogens is 2. The number of hydrogen-bond donors (Lipinski definition) is 2. The highest BCUT2D eigenvalue weighted by atomic mass is 79.9. The van der Waals surface area contributed by atoms with Crippen LogP contribution in [0, 0.1) is 0 Å². The van der Waals surface area contributed by atoms with Gasteiger partial charge in [0.15, 0.2) is 0 Å². The van der Waals surface area contributed by atoms with Crippen molar-refractivity contribution in [1.29, 1.82) is 0 Å². The van der Waals surface area contributed by atoms with Crippen LogP contribution in [0.4, 0.5) is 11.6 Å². The van der Waals surface area contributed by atoms with Crippen molar-refractivity contribution in [2.75, 3.05) is 12.4 Å². The van der Waals surface area contributed by atoms with E-state index in [4.69, 9.17) is 4.74 Å². The summed E-state index contributed by atoms with van der Waals surface area (Å²) in [5.74, 6) is 0.877. The summed E-state index contributed by atoms with van der Waals surface area (Å²) < 4.78 is 6.42. The molecule has 0 atom stereocenters. The lowest BCUT2D eigenvalue weighted by molar-refractivity contribution is 0.0960. The highest BCUT2D eigenvalue weighted by Crippen LogP contribution is 2.30. The Morgan fingerprint density at radius 3 is 2.56 bits per heavy atom. The highest BCUT2D eigenvalue weighted by molar-refractivity contribution is 9.10. The van der Waals surface area contributed by atoms with Gasteiger partial charge in [-0.1, -0.05) is 30.3 Å². The molecule has 1 aromatic heterocycles. The first-order valence-corrected chi connectivity index (χ1v) is 8.30. The van der Waals surface area contributed by atoms with E-state index < -0.39 is 0 Å². The molecule has 6 nitrogen and oxygen atoms in total. The van der Waals surface area contributed by atoms with Crippen molar-refractivity contribution in [3.63, 3.8) is 0 Å². The van der Waals surface area contributed by atoms with E-state index in [0.29, 0.717) is 27.6 Å². The topological polar surface area (TPSA) is 76.1 Å². The van der Waals surface area contributed by atoms with E-state index in [1.807, 2.05) is 30.3 Å². The number of para-hydroxylation sites is 2. The SMILES string of the molecule is CNC(=O)c1ccccc1Oc1nc(Nc2ccccc2)ncc1Br. The minimum atomic E-state index is -0.233. The van der Waals surface area contributed by atoms with Gasteiger partial charge in [0.05, 0.1) is 16.2 Å². The van der Waals surface area contributed by atoms with Crippen LogP contribution in [-0.2, 0) is 0 Å². The quantitative estimate of drug-likeness (QED) is 0.675. The zero-order valence-corrected chi connectivity index (χ0v) is 14.9. The second-order valence-corrected chi connectivity index (χ2v) is 5.87. The molecule has 126 valence electrons. The third kappa shape index (κ3) is 4.13. The fraction of sp³-hybridized carbons (Fsp3) is 0.0556. The lowest BCUT2D eigenvalue weighted by Gasteiger charge is -2.12. The molecule has 0 aliphatic heterocycles. The lowest BCUT2D eigenvalue weighted by Crippen LogP contribution is -2.18. The number of anilines is 2. The standard InChI is InChI=1S/C18H15BrN4O2/c1-20-16(24)13-9-5-6-10-15(13)25-17-14(19)11-21-18(23-17)22-12-7-3-2-4-8-12/h2-11H,1H3,(H,20,24)(H,21,22,23). The third-order valence-corrected chi connectivity index (χ3v) is 3.85. The Bertz CT molecular complexity index is 887. The Balaban J connectivity index is 1.88. The largest absolute Gasteiger partial charge is 0.437 e.